The first-order valence-electron chi connectivity index (χ1n) is 7.33. The summed E-state index contributed by atoms with van der Waals surface area (Å²) in [6, 6.07) is 1.60. The van der Waals surface area contributed by atoms with Crippen LogP contribution in [-0.4, -0.2) is 24.0 Å². The second kappa shape index (κ2) is 6.64. The Hall–Kier alpha value is -0.0400. The second-order valence-electron chi connectivity index (χ2n) is 5.87. The zero-order valence-corrected chi connectivity index (χ0v) is 12.0. The van der Waals surface area contributed by atoms with E-state index in [1.807, 2.05) is 0 Å². The molecule has 0 aliphatic carbocycles. The highest BCUT2D eigenvalue weighted by atomic mass is 15.2. The molecule has 1 fully saturated rings. The van der Waals surface area contributed by atoms with Gasteiger partial charge < -0.3 is 4.90 Å². The summed E-state index contributed by atoms with van der Waals surface area (Å²) in [5.74, 6) is 1.79. The van der Waals surface area contributed by atoms with Crippen LogP contribution in [0.15, 0.2) is 0 Å². The molecule has 4 unspecified atom stereocenters. The van der Waals surface area contributed by atoms with Crippen molar-refractivity contribution in [1.29, 1.82) is 0 Å². The van der Waals surface area contributed by atoms with Crippen LogP contribution in [0.2, 0.25) is 0 Å². The van der Waals surface area contributed by atoms with E-state index in [0.29, 0.717) is 0 Å². The predicted octanol–water partition coefficient (Wildman–Crippen LogP) is 4.32. The van der Waals surface area contributed by atoms with Gasteiger partial charge in [0.15, 0.2) is 0 Å². The molecule has 16 heavy (non-hydrogen) atoms. The molecule has 0 saturated carbocycles. The first-order chi connectivity index (χ1) is 7.61. The fourth-order valence-electron chi connectivity index (χ4n) is 3.47. The summed E-state index contributed by atoms with van der Waals surface area (Å²) in [4.78, 5) is 2.68. The average Bonchev–Trinajstić information content (AvgIpc) is 2.40. The van der Waals surface area contributed by atoms with Gasteiger partial charge >= 0.3 is 0 Å². The van der Waals surface area contributed by atoms with Gasteiger partial charge in [0, 0.05) is 12.1 Å². The number of rotatable bonds is 4. The lowest BCUT2D eigenvalue weighted by molar-refractivity contribution is 0.0938. The molecule has 0 amide bonds. The Labute approximate surface area is 103 Å². The van der Waals surface area contributed by atoms with Gasteiger partial charge in [-0.05, 0) is 45.1 Å². The van der Waals surface area contributed by atoms with Crippen LogP contribution < -0.4 is 0 Å². The molecule has 1 saturated heterocycles. The Balaban J connectivity index is 2.79. The van der Waals surface area contributed by atoms with E-state index >= 15 is 0 Å². The van der Waals surface area contributed by atoms with E-state index in [1.54, 1.807) is 0 Å². The van der Waals surface area contributed by atoms with Gasteiger partial charge in [-0.2, -0.15) is 0 Å². The zero-order valence-electron chi connectivity index (χ0n) is 12.0. The third-order valence-corrected chi connectivity index (χ3v) is 4.73. The lowest BCUT2D eigenvalue weighted by atomic mass is 9.82. The summed E-state index contributed by atoms with van der Waals surface area (Å²) < 4.78 is 0. The molecule has 1 aliphatic heterocycles. The Morgan fingerprint density at radius 2 is 1.94 bits per heavy atom. The van der Waals surface area contributed by atoms with E-state index in [9.17, 15) is 0 Å². The van der Waals surface area contributed by atoms with Crippen molar-refractivity contribution in [2.45, 2.75) is 78.3 Å². The maximum Gasteiger partial charge on any atom is 0.0149 e. The van der Waals surface area contributed by atoms with Crippen molar-refractivity contribution < 1.29 is 0 Å². The average molecular weight is 225 g/mol. The van der Waals surface area contributed by atoms with E-state index in [2.05, 4.69) is 39.6 Å². The number of likely N-dealkylation sites (tertiary alicyclic amines) is 1. The van der Waals surface area contributed by atoms with Crippen molar-refractivity contribution in [3.8, 4) is 0 Å². The largest absolute Gasteiger partial charge is 0.300 e. The van der Waals surface area contributed by atoms with Crippen molar-refractivity contribution in [3.63, 3.8) is 0 Å². The van der Waals surface area contributed by atoms with E-state index in [0.717, 1.165) is 23.9 Å². The standard InChI is InChI=1S/C15H31N/c1-6-9-14-11-8-10-13(4)16(5)15(14)12(3)7-2/h12-15H,6-11H2,1-5H3. The molecule has 0 aromatic carbocycles. The van der Waals surface area contributed by atoms with Crippen molar-refractivity contribution in [1.82, 2.24) is 4.90 Å². The number of nitrogens with zero attached hydrogens (tertiary/aromatic N) is 1. The van der Waals surface area contributed by atoms with Crippen molar-refractivity contribution in [2.75, 3.05) is 7.05 Å². The molecular weight excluding hydrogens is 194 g/mol. The van der Waals surface area contributed by atoms with Gasteiger partial charge in [0.1, 0.15) is 0 Å². The zero-order chi connectivity index (χ0) is 12.1. The van der Waals surface area contributed by atoms with Crippen LogP contribution in [-0.2, 0) is 0 Å². The lowest BCUT2D eigenvalue weighted by Crippen LogP contribution is -2.45. The van der Waals surface area contributed by atoms with Crippen molar-refractivity contribution >= 4 is 0 Å². The highest BCUT2D eigenvalue weighted by molar-refractivity contribution is 4.87. The molecule has 1 heterocycles. The quantitative estimate of drug-likeness (QED) is 0.688. The van der Waals surface area contributed by atoms with Gasteiger partial charge in [-0.15, -0.1) is 0 Å². The number of hydrogen-bond acceptors (Lipinski definition) is 1. The van der Waals surface area contributed by atoms with Crippen LogP contribution in [0.5, 0.6) is 0 Å². The van der Waals surface area contributed by atoms with Crippen LogP contribution in [0.1, 0.15) is 66.2 Å². The van der Waals surface area contributed by atoms with Gasteiger partial charge in [0.05, 0.1) is 0 Å². The molecule has 1 heteroatoms. The van der Waals surface area contributed by atoms with Crippen LogP contribution in [0.3, 0.4) is 0 Å². The van der Waals surface area contributed by atoms with E-state index < -0.39 is 0 Å². The van der Waals surface area contributed by atoms with Crippen LogP contribution >= 0.6 is 0 Å². The Bertz CT molecular complexity index is 190. The smallest absolute Gasteiger partial charge is 0.0149 e. The normalized spacial score (nSPS) is 34.7. The molecule has 0 bridgehead atoms. The summed E-state index contributed by atoms with van der Waals surface area (Å²) in [6.07, 6.45) is 8.37. The maximum absolute atomic E-state index is 2.68. The first-order valence-corrected chi connectivity index (χ1v) is 7.33. The molecule has 0 aromatic heterocycles. The van der Waals surface area contributed by atoms with Crippen molar-refractivity contribution in [2.24, 2.45) is 11.8 Å². The van der Waals surface area contributed by atoms with Gasteiger partial charge in [0.2, 0.25) is 0 Å². The van der Waals surface area contributed by atoms with E-state index in [4.69, 9.17) is 0 Å². The first kappa shape index (κ1) is 14.0. The minimum Gasteiger partial charge on any atom is -0.300 e. The van der Waals surface area contributed by atoms with Crippen LogP contribution in [0, 0.1) is 11.8 Å². The fraction of sp³-hybridized carbons (Fsp3) is 1.00. The minimum atomic E-state index is 0.779. The predicted molar refractivity (Wildman–Crippen MR) is 72.7 cm³/mol. The number of hydrogen-bond donors (Lipinski definition) is 0. The summed E-state index contributed by atoms with van der Waals surface area (Å²) >= 11 is 0. The third-order valence-electron chi connectivity index (χ3n) is 4.73. The maximum atomic E-state index is 2.68. The lowest BCUT2D eigenvalue weighted by Gasteiger charge is -2.39. The molecule has 0 aromatic rings. The highest BCUT2D eigenvalue weighted by Crippen LogP contribution is 2.33. The molecule has 0 spiro atoms. The Morgan fingerprint density at radius 1 is 1.25 bits per heavy atom. The van der Waals surface area contributed by atoms with Gasteiger partial charge in [-0.25, -0.2) is 0 Å². The molecule has 1 rings (SSSR count). The molecule has 4 atom stereocenters. The van der Waals surface area contributed by atoms with Crippen LogP contribution in [0.4, 0.5) is 0 Å². The summed E-state index contributed by atoms with van der Waals surface area (Å²) in [7, 11) is 2.36. The summed E-state index contributed by atoms with van der Waals surface area (Å²) in [6.45, 7) is 9.53. The van der Waals surface area contributed by atoms with E-state index in [-0.39, 0.29) is 0 Å². The molecule has 1 aliphatic rings. The summed E-state index contributed by atoms with van der Waals surface area (Å²) in [5, 5.41) is 0. The highest BCUT2D eigenvalue weighted by Gasteiger charge is 2.33. The minimum absolute atomic E-state index is 0.779. The van der Waals surface area contributed by atoms with Crippen LogP contribution in [0.25, 0.3) is 0 Å². The molecule has 0 N–H and O–H groups in total. The molecular formula is C15H31N. The molecule has 96 valence electrons. The Morgan fingerprint density at radius 3 is 2.50 bits per heavy atom. The SMILES string of the molecule is CCCC1CCCC(C)N(C)C1C(C)CC. The van der Waals surface area contributed by atoms with Gasteiger partial charge in [-0.1, -0.05) is 40.0 Å². The topological polar surface area (TPSA) is 3.24 Å². The fourth-order valence-corrected chi connectivity index (χ4v) is 3.47. The third kappa shape index (κ3) is 3.23. The molecule has 1 nitrogen and oxygen atoms in total. The van der Waals surface area contributed by atoms with Crippen molar-refractivity contribution in [3.05, 3.63) is 0 Å². The monoisotopic (exact) mass is 225 g/mol. The summed E-state index contributed by atoms with van der Waals surface area (Å²) in [5.41, 5.74) is 0. The second-order valence-corrected chi connectivity index (χ2v) is 5.87. The Kier molecular flexibility index (Phi) is 5.82. The van der Waals surface area contributed by atoms with E-state index in [1.165, 1.54) is 38.5 Å². The van der Waals surface area contributed by atoms with Gasteiger partial charge in [0.25, 0.3) is 0 Å². The molecule has 0 radical (unpaired) electrons. The van der Waals surface area contributed by atoms with Gasteiger partial charge in [-0.3, -0.25) is 0 Å².